The van der Waals surface area contributed by atoms with Gasteiger partial charge in [-0.2, -0.15) is 0 Å². The van der Waals surface area contributed by atoms with Crippen LogP contribution >= 0.6 is 0 Å². The number of allylic oxidation sites excluding steroid dienone is 5. The van der Waals surface area contributed by atoms with Gasteiger partial charge in [-0.1, -0.05) is 87.3 Å². The first-order chi connectivity index (χ1) is 19.4. The first-order valence-electron chi connectivity index (χ1n) is 14.4. The van der Waals surface area contributed by atoms with Crippen molar-refractivity contribution in [1.82, 2.24) is 5.32 Å². The van der Waals surface area contributed by atoms with E-state index in [0.29, 0.717) is 6.42 Å². The fraction of sp³-hybridized carbons (Fsp3) is 0.371. The molecule has 3 N–H and O–H groups in total. The molecule has 0 fully saturated rings. The number of alkyl halides is 1. The molecule has 0 spiro atoms. The van der Waals surface area contributed by atoms with Crippen LogP contribution in [-0.2, 0) is 0 Å². The molecule has 1 aliphatic heterocycles. The van der Waals surface area contributed by atoms with Gasteiger partial charge >= 0.3 is 0 Å². The van der Waals surface area contributed by atoms with Crippen molar-refractivity contribution in [3.8, 4) is 11.5 Å². The topological polar surface area (TPSA) is 61.7 Å². The Morgan fingerprint density at radius 3 is 2.42 bits per heavy atom. The van der Waals surface area contributed by atoms with E-state index < -0.39 is 0 Å². The van der Waals surface area contributed by atoms with Gasteiger partial charge in [0.1, 0.15) is 17.6 Å². The van der Waals surface area contributed by atoms with Crippen molar-refractivity contribution in [3.05, 3.63) is 107 Å². The predicted molar refractivity (Wildman–Crippen MR) is 165 cm³/mol. The van der Waals surface area contributed by atoms with E-state index in [4.69, 9.17) is 4.74 Å². The van der Waals surface area contributed by atoms with Gasteiger partial charge in [-0.05, 0) is 79.8 Å². The summed E-state index contributed by atoms with van der Waals surface area (Å²) in [7, 11) is 0. The van der Waals surface area contributed by atoms with Gasteiger partial charge in [0, 0.05) is 17.7 Å². The summed E-state index contributed by atoms with van der Waals surface area (Å²) in [5, 5.41) is 23.0. The maximum Gasteiger partial charge on any atom is 0.150 e. The van der Waals surface area contributed by atoms with Crippen LogP contribution in [0.4, 0.5) is 4.39 Å². The summed E-state index contributed by atoms with van der Waals surface area (Å²) in [6.45, 7) is 9.57. The molecule has 2 aromatic carbocycles. The van der Waals surface area contributed by atoms with Crippen LogP contribution < -0.4 is 10.1 Å². The lowest BCUT2D eigenvalue weighted by molar-refractivity contribution is 0.240. The van der Waals surface area contributed by atoms with E-state index >= 15 is 0 Å². The number of nitrogens with one attached hydrogen (secondary N) is 1. The smallest absolute Gasteiger partial charge is 0.150 e. The van der Waals surface area contributed by atoms with Gasteiger partial charge < -0.3 is 20.3 Å². The molecule has 5 heteroatoms. The number of unbranched alkanes of at least 4 members (excludes halogenated alkanes) is 6. The summed E-state index contributed by atoms with van der Waals surface area (Å²) in [6.07, 6.45) is 16.9. The molecule has 0 aliphatic carbocycles. The molecule has 40 heavy (non-hydrogen) atoms. The standard InChI is InChI=1S/C35H44FNO3/c1-26(13-11-14-27(2)38)34-28(3)32-25-31(39)20-21-33(32)40-35(34)30-18-16-29(17-19-30)15-12-24-37-23-10-8-6-4-5-7-9-22-36/h11-21,25,35,37-39H,1,4-10,22-24H2,2-3H3/b13-11-,15-12+,27-14+. The van der Waals surface area contributed by atoms with Gasteiger partial charge in [0.25, 0.3) is 0 Å². The quantitative estimate of drug-likeness (QED) is 0.112. The SMILES string of the molecule is C=C(/C=C\C=C(/C)O)C1=C(C)c2cc(O)ccc2OC1c1ccc(/C=C/CNCCCCCCCCCF)cc1. The van der Waals surface area contributed by atoms with E-state index in [2.05, 4.69) is 48.3 Å². The summed E-state index contributed by atoms with van der Waals surface area (Å²) in [4.78, 5) is 0. The highest BCUT2D eigenvalue weighted by Crippen LogP contribution is 2.45. The fourth-order valence-electron chi connectivity index (χ4n) is 4.87. The number of hydrogen-bond acceptors (Lipinski definition) is 4. The number of ether oxygens (including phenoxy) is 1. The average Bonchev–Trinajstić information content (AvgIpc) is 2.94. The number of phenols is 1. The number of aliphatic hydroxyl groups excluding tert-OH is 1. The van der Waals surface area contributed by atoms with Crippen LogP contribution in [-0.4, -0.2) is 30.0 Å². The lowest BCUT2D eigenvalue weighted by Gasteiger charge is -2.31. The van der Waals surface area contributed by atoms with Crippen molar-refractivity contribution in [2.45, 2.75) is 64.9 Å². The number of fused-ring (bicyclic) bond motifs is 1. The monoisotopic (exact) mass is 545 g/mol. The Labute approximate surface area is 239 Å². The number of phenolic OH excluding ortho intramolecular Hbond substituents is 1. The van der Waals surface area contributed by atoms with Gasteiger partial charge in [0.2, 0.25) is 0 Å². The third kappa shape index (κ3) is 9.56. The van der Waals surface area contributed by atoms with Crippen LogP contribution in [0.3, 0.4) is 0 Å². The summed E-state index contributed by atoms with van der Waals surface area (Å²) < 4.78 is 18.5. The van der Waals surface area contributed by atoms with Crippen LogP contribution in [0.5, 0.6) is 11.5 Å². The average molecular weight is 546 g/mol. The molecule has 3 rings (SSSR count). The molecule has 2 aromatic rings. The molecule has 0 amide bonds. The first kappa shape index (κ1) is 31.0. The molecule has 0 saturated heterocycles. The molecule has 4 nitrogen and oxygen atoms in total. The van der Waals surface area contributed by atoms with Crippen LogP contribution in [0.15, 0.2) is 90.3 Å². The molecule has 0 saturated carbocycles. The molecule has 1 aliphatic rings. The van der Waals surface area contributed by atoms with Crippen molar-refractivity contribution < 1.29 is 19.3 Å². The van der Waals surface area contributed by atoms with E-state index in [1.807, 2.05) is 13.0 Å². The minimum atomic E-state index is -0.350. The minimum absolute atomic E-state index is 0.186. The van der Waals surface area contributed by atoms with Crippen molar-refractivity contribution in [2.75, 3.05) is 19.8 Å². The largest absolute Gasteiger partial charge is 0.513 e. The van der Waals surface area contributed by atoms with Crippen molar-refractivity contribution >= 4 is 11.6 Å². The zero-order valence-corrected chi connectivity index (χ0v) is 24.0. The zero-order chi connectivity index (χ0) is 28.7. The maximum atomic E-state index is 12.1. The second kappa shape index (κ2) is 16.5. The van der Waals surface area contributed by atoms with Crippen molar-refractivity contribution in [3.63, 3.8) is 0 Å². The minimum Gasteiger partial charge on any atom is -0.513 e. The van der Waals surface area contributed by atoms with Gasteiger partial charge in [0.15, 0.2) is 0 Å². The van der Waals surface area contributed by atoms with E-state index in [9.17, 15) is 14.6 Å². The normalized spacial score (nSPS) is 15.6. The Kier molecular flexibility index (Phi) is 12.8. The third-order valence-electron chi connectivity index (χ3n) is 7.06. The van der Waals surface area contributed by atoms with Crippen molar-refractivity contribution in [1.29, 1.82) is 0 Å². The summed E-state index contributed by atoms with van der Waals surface area (Å²) in [5.41, 5.74) is 5.68. The van der Waals surface area contributed by atoms with Crippen LogP contribution in [0.2, 0.25) is 0 Å². The highest BCUT2D eigenvalue weighted by atomic mass is 19.1. The van der Waals surface area contributed by atoms with Crippen LogP contribution in [0, 0.1) is 0 Å². The van der Waals surface area contributed by atoms with Crippen LogP contribution in [0.25, 0.3) is 11.6 Å². The Balaban J connectivity index is 1.60. The summed E-state index contributed by atoms with van der Waals surface area (Å²) >= 11 is 0. The van der Waals surface area contributed by atoms with Crippen molar-refractivity contribution in [2.24, 2.45) is 0 Å². The zero-order valence-electron chi connectivity index (χ0n) is 24.0. The third-order valence-corrected chi connectivity index (χ3v) is 7.06. The molecule has 1 unspecified atom stereocenters. The number of aliphatic hydroxyl groups is 1. The second-order valence-electron chi connectivity index (χ2n) is 10.3. The summed E-state index contributed by atoms with van der Waals surface area (Å²) in [6, 6.07) is 13.5. The van der Waals surface area contributed by atoms with Gasteiger partial charge in [0.05, 0.1) is 12.4 Å². The number of rotatable bonds is 16. The molecule has 0 radical (unpaired) electrons. The Hall–Kier alpha value is -3.57. The predicted octanol–water partition coefficient (Wildman–Crippen LogP) is 9.18. The van der Waals surface area contributed by atoms with Gasteiger partial charge in [-0.25, -0.2) is 0 Å². The highest BCUT2D eigenvalue weighted by Gasteiger charge is 2.29. The second-order valence-corrected chi connectivity index (χ2v) is 10.3. The Bertz CT molecular complexity index is 1220. The first-order valence-corrected chi connectivity index (χ1v) is 14.4. The number of benzene rings is 2. The van der Waals surface area contributed by atoms with Gasteiger partial charge in [-0.3, -0.25) is 4.39 Å². The van der Waals surface area contributed by atoms with E-state index in [1.54, 1.807) is 37.3 Å². The summed E-state index contributed by atoms with van der Waals surface area (Å²) in [5.74, 6) is 1.13. The Morgan fingerprint density at radius 2 is 1.73 bits per heavy atom. The molecular formula is C35H44FNO3. The van der Waals surface area contributed by atoms with Crippen LogP contribution in [0.1, 0.15) is 81.6 Å². The number of hydrogen-bond donors (Lipinski definition) is 3. The van der Waals surface area contributed by atoms with Gasteiger partial charge in [-0.15, -0.1) is 0 Å². The molecule has 214 valence electrons. The molecule has 1 heterocycles. The number of halogens is 1. The maximum absolute atomic E-state index is 12.1. The molecule has 0 bridgehead atoms. The van der Waals surface area contributed by atoms with E-state index in [0.717, 1.165) is 65.1 Å². The Morgan fingerprint density at radius 1 is 1.02 bits per heavy atom. The van der Waals surface area contributed by atoms with E-state index in [1.165, 1.54) is 25.7 Å². The molecular weight excluding hydrogens is 501 g/mol. The lowest BCUT2D eigenvalue weighted by Crippen LogP contribution is -2.18. The number of aromatic hydroxyl groups is 1. The highest BCUT2D eigenvalue weighted by molar-refractivity contribution is 5.79. The molecule has 0 aromatic heterocycles. The van der Waals surface area contributed by atoms with E-state index in [-0.39, 0.29) is 24.3 Å². The fourth-order valence-corrected chi connectivity index (χ4v) is 4.87. The lowest BCUT2D eigenvalue weighted by atomic mass is 9.86. The molecule has 1 atom stereocenters.